The second kappa shape index (κ2) is 24.0. The molecule has 3 N–H and O–H groups in total. The third-order valence-electron chi connectivity index (χ3n) is 6.23. The molecule has 2 aliphatic heterocycles. The van der Waals surface area contributed by atoms with E-state index in [1.807, 2.05) is 90.1 Å². The Morgan fingerprint density at radius 1 is 0.646 bits per heavy atom. The molecule has 48 heavy (non-hydrogen) atoms. The van der Waals surface area contributed by atoms with Crippen LogP contribution in [0.15, 0.2) is 88.1 Å². The molecule has 2 atom stereocenters. The normalized spacial score (nSPS) is 14.3. The molecule has 10 nitrogen and oxygen atoms in total. The summed E-state index contributed by atoms with van der Waals surface area (Å²) in [5.41, 5.74) is 2.14. The van der Waals surface area contributed by atoms with Crippen molar-refractivity contribution in [1.29, 1.82) is 0 Å². The zero-order valence-electron chi connectivity index (χ0n) is 27.6. The first-order chi connectivity index (χ1) is 22.2. The maximum atomic E-state index is 11.4. The van der Waals surface area contributed by atoms with E-state index in [0.29, 0.717) is 29.7 Å². The van der Waals surface area contributed by atoms with Crippen LogP contribution in [0, 0.1) is 0 Å². The van der Waals surface area contributed by atoms with Gasteiger partial charge in [-0.05, 0) is 61.1 Å². The summed E-state index contributed by atoms with van der Waals surface area (Å²) in [6, 6.07) is 22.6. The molecule has 0 aliphatic carbocycles. The van der Waals surface area contributed by atoms with Crippen LogP contribution >= 0.6 is 0 Å². The van der Waals surface area contributed by atoms with E-state index < -0.39 is 30.1 Å². The van der Waals surface area contributed by atoms with Gasteiger partial charge in [0.25, 0.3) is 0 Å². The lowest BCUT2D eigenvalue weighted by molar-refractivity contribution is -0.146. The van der Waals surface area contributed by atoms with Crippen molar-refractivity contribution in [1.82, 2.24) is 0 Å². The van der Waals surface area contributed by atoms with Crippen LogP contribution in [0.2, 0.25) is 0 Å². The summed E-state index contributed by atoms with van der Waals surface area (Å²) in [7, 11) is 0. The Hall–Kier alpha value is -5.19. The van der Waals surface area contributed by atoms with E-state index in [1.54, 1.807) is 24.3 Å². The van der Waals surface area contributed by atoms with Gasteiger partial charge in [-0.3, -0.25) is 9.50 Å². The number of rotatable bonds is 3. The summed E-state index contributed by atoms with van der Waals surface area (Å²) in [5, 5.41) is 26.5. The molecule has 3 heterocycles. The minimum atomic E-state index is -1.24. The number of hydrogen-bond acceptors (Lipinski definition) is 7. The topological polar surface area (TPSA) is 161 Å². The number of carboxylic acids is 3. The van der Waals surface area contributed by atoms with Crippen LogP contribution in [-0.2, 0) is 22.4 Å². The zero-order valence-corrected chi connectivity index (χ0v) is 27.6. The van der Waals surface area contributed by atoms with Crippen molar-refractivity contribution in [3.05, 3.63) is 106 Å². The van der Waals surface area contributed by atoms with Crippen LogP contribution in [0.3, 0.4) is 0 Å². The Morgan fingerprint density at radius 2 is 1.04 bits per heavy atom. The van der Waals surface area contributed by atoms with Crippen molar-refractivity contribution in [2.24, 2.45) is 0 Å². The molecule has 0 radical (unpaired) electrons. The van der Waals surface area contributed by atoms with Gasteiger partial charge in [-0.1, -0.05) is 97.5 Å². The molecule has 2 unspecified atom stereocenters. The zero-order chi connectivity index (χ0) is 34.6. The van der Waals surface area contributed by atoms with E-state index in [2.05, 4.69) is 0 Å². The second-order valence-electron chi connectivity index (χ2n) is 8.96. The molecule has 264 valence electrons. The average molecular weight is 673 g/mol. The lowest BCUT2D eigenvalue weighted by Crippen LogP contribution is -2.30. The number of fused-ring (bicyclic) bond motifs is 3. The third-order valence-corrected chi connectivity index (χ3v) is 6.23. The Bertz CT molecular complexity index is 1530. The summed E-state index contributed by atoms with van der Waals surface area (Å²) in [4.78, 5) is 43.2. The number of para-hydroxylation sites is 3. The van der Waals surface area contributed by atoms with Gasteiger partial charge in [0.2, 0.25) is 5.76 Å². The van der Waals surface area contributed by atoms with Gasteiger partial charge in [0, 0.05) is 6.07 Å². The van der Waals surface area contributed by atoms with E-state index in [1.165, 1.54) is 0 Å². The van der Waals surface area contributed by atoms with E-state index in [9.17, 15) is 19.2 Å². The van der Waals surface area contributed by atoms with Gasteiger partial charge in [0.1, 0.15) is 17.1 Å². The second-order valence-corrected chi connectivity index (χ2v) is 8.96. The van der Waals surface area contributed by atoms with Gasteiger partial charge in [0.05, 0.1) is 5.39 Å². The summed E-state index contributed by atoms with van der Waals surface area (Å²) in [6.07, 6.45) is 1.35. The Balaban J connectivity index is 0. The summed E-state index contributed by atoms with van der Waals surface area (Å²) in [6.45, 7) is 12.0. The highest BCUT2D eigenvalue weighted by atomic mass is 19.0. The lowest BCUT2D eigenvalue weighted by atomic mass is 10.0. The smallest absolute Gasteiger partial charge is 0.371 e. The van der Waals surface area contributed by atoms with E-state index in [-0.39, 0.29) is 28.9 Å². The Labute approximate surface area is 281 Å². The Kier molecular flexibility index (Phi) is 22.5. The molecule has 0 bridgehead atoms. The number of aryl methyl sites for hydroxylation is 2. The number of carbonyl (C=O) groups is 3. The highest BCUT2D eigenvalue weighted by molar-refractivity contribution is 5.87. The maximum absolute atomic E-state index is 11.4. The largest absolute Gasteiger partial charge is 0.479 e. The molecule has 11 heteroatoms. The molecule has 3 aromatic carbocycles. The molecule has 0 fully saturated rings. The molecular formula is C37H49FO10. The summed E-state index contributed by atoms with van der Waals surface area (Å²) >= 11 is 0. The summed E-state index contributed by atoms with van der Waals surface area (Å²) in [5.74, 6) is -1.92. The van der Waals surface area contributed by atoms with E-state index in [4.69, 9.17) is 29.2 Å². The highest BCUT2D eigenvalue weighted by Crippen LogP contribution is 2.27. The van der Waals surface area contributed by atoms with Gasteiger partial charge in [0.15, 0.2) is 17.6 Å². The highest BCUT2D eigenvalue weighted by Gasteiger charge is 2.25. The van der Waals surface area contributed by atoms with Gasteiger partial charge in [-0.25, -0.2) is 14.4 Å². The molecule has 6 rings (SSSR count). The predicted molar refractivity (Wildman–Crippen MR) is 186 cm³/mol. The first-order valence-corrected chi connectivity index (χ1v) is 15.4. The minimum absolute atomic E-state index is 0. The van der Waals surface area contributed by atoms with Crippen LogP contribution in [0.25, 0.3) is 11.0 Å². The van der Waals surface area contributed by atoms with E-state index in [0.717, 1.165) is 30.0 Å². The van der Waals surface area contributed by atoms with Crippen LogP contribution in [0.1, 0.15) is 83.5 Å². The number of aromatic carboxylic acids is 1. The monoisotopic (exact) mass is 672 g/mol. The number of hydrogen-bond donors (Lipinski definition) is 3. The van der Waals surface area contributed by atoms with Crippen LogP contribution in [0.4, 0.5) is 4.70 Å². The van der Waals surface area contributed by atoms with Gasteiger partial charge < -0.3 is 29.2 Å². The predicted octanol–water partition coefficient (Wildman–Crippen LogP) is 8.29. The lowest BCUT2D eigenvalue weighted by Gasteiger charge is -2.22. The number of halogens is 1. The fraction of sp³-hybridized carbons (Fsp3) is 0.351. The van der Waals surface area contributed by atoms with Gasteiger partial charge in [-0.15, -0.1) is 0 Å². The van der Waals surface area contributed by atoms with Crippen molar-refractivity contribution >= 4 is 28.9 Å². The number of ether oxygens (including phenoxy) is 2. The molecular weight excluding hydrogens is 623 g/mol. The van der Waals surface area contributed by atoms with Crippen LogP contribution in [0.5, 0.6) is 11.5 Å². The van der Waals surface area contributed by atoms with Crippen LogP contribution < -0.4 is 14.9 Å². The molecule has 2 aliphatic rings. The molecule has 0 saturated heterocycles. The first-order valence-electron chi connectivity index (χ1n) is 15.4. The first kappa shape index (κ1) is 44.9. The number of aliphatic carboxylic acids is 2. The van der Waals surface area contributed by atoms with E-state index >= 15 is 0 Å². The van der Waals surface area contributed by atoms with Crippen molar-refractivity contribution in [2.45, 2.75) is 86.9 Å². The van der Waals surface area contributed by atoms with Crippen molar-refractivity contribution in [3.63, 3.8) is 0 Å². The summed E-state index contributed by atoms with van der Waals surface area (Å²) < 4.78 is 15.6. The Morgan fingerprint density at radius 3 is 1.46 bits per heavy atom. The minimum Gasteiger partial charge on any atom is -0.479 e. The molecule has 4 aromatic rings. The molecule has 0 amide bonds. The van der Waals surface area contributed by atoms with Crippen LogP contribution in [-0.4, -0.2) is 45.4 Å². The number of carboxylic acid groups (broad SMARTS) is 3. The fourth-order valence-electron chi connectivity index (χ4n) is 4.21. The standard InChI is InChI=1S/C10H6O4.2C10H10O3.3C2H6.CH4.FH/c11-7-5-9(10(12)13)14-8-4-2-1-3-6(7)8;2*11-10(12)9-6-5-7-3-1-2-4-8(7)13-9;3*1-2;;/h1-5H,(H,12,13);2*1-4,9H,5-6H2,(H,11,12);3*1-2H3;1H4;1H. The molecule has 1 aromatic heterocycles. The maximum Gasteiger partial charge on any atom is 0.371 e. The van der Waals surface area contributed by atoms with Crippen molar-refractivity contribution < 1.29 is 48.3 Å². The molecule has 0 saturated carbocycles. The fourth-order valence-corrected chi connectivity index (χ4v) is 4.21. The molecule has 0 spiro atoms. The third kappa shape index (κ3) is 13.3. The van der Waals surface area contributed by atoms with Gasteiger partial charge in [-0.2, -0.15) is 0 Å². The average Bonchev–Trinajstić information content (AvgIpc) is 3.11. The van der Waals surface area contributed by atoms with Crippen molar-refractivity contribution in [2.75, 3.05) is 0 Å². The van der Waals surface area contributed by atoms with Crippen molar-refractivity contribution in [3.8, 4) is 11.5 Å². The SMILES string of the molecule is C.CC.CC.CC.F.O=C(O)C1CCc2ccccc2O1.O=C(O)C1CCc2ccccc2O1.O=C(O)c1cc(=O)c2ccccc2o1. The quantitative estimate of drug-likeness (QED) is 0.193. The number of benzene rings is 3. The van der Waals surface area contributed by atoms with Gasteiger partial charge >= 0.3 is 17.9 Å².